The number of rotatable bonds is 6. The summed E-state index contributed by atoms with van der Waals surface area (Å²) < 4.78 is 5.43. The Labute approximate surface area is 97.7 Å². The van der Waals surface area contributed by atoms with E-state index in [1.165, 1.54) is 0 Å². The molecule has 0 N–H and O–H groups in total. The van der Waals surface area contributed by atoms with Crippen LogP contribution in [-0.4, -0.2) is 42.0 Å². The topological polar surface area (TPSA) is 29.5 Å². The van der Waals surface area contributed by atoms with Gasteiger partial charge in [-0.25, -0.2) is 0 Å². The monoisotopic (exact) mass is 235 g/mol. The summed E-state index contributed by atoms with van der Waals surface area (Å²) in [5.74, 6) is 0.494. The van der Waals surface area contributed by atoms with E-state index in [1.807, 2.05) is 27.7 Å². The molecule has 0 atom stereocenters. The van der Waals surface area contributed by atoms with Gasteiger partial charge in [0.15, 0.2) is 0 Å². The highest BCUT2D eigenvalue weighted by Crippen LogP contribution is 2.07. The van der Waals surface area contributed by atoms with Crippen LogP contribution < -0.4 is 0 Å². The van der Waals surface area contributed by atoms with E-state index in [-0.39, 0.29) is 18.1 Å². The molecule has 0 aromatic carbocycles. The first-order chi connectivity index (χ1) is 6.90. The van der Waals surface area contributed by atoms with Crippen LogP contribution in [0.25, 0.3) is 0 Å². The number of hydrogen-bond donors (Lipinski definition) is 0. The quantitative estimate of drug-likeness (QED) is 0.661. The third kappa shape index (κ3) is 7.63. The molecule has 0 heterocycles. The van der Waals surface area contributed by atoms with Crippen molar-refractivity contribution in [1.29, 1.82) is 0 Å². The second kappa shape index (κ2) is 7.07. The van der Waals surface area contributed by atoms with Gasteiger partial charge in [-0.15, -0.1) is 11.6 Å². The zero-order valence-electron chi connectivity index (χ0n) is 10.2. The lowest BCUT2D eigenvalue weighted by molar-refractivity contribution is -0.140. The molecule has 0 aromatic rings. The van der Waals surface area contributed by atoms with Crippen molar-refractivity contribution in [3.05, 3.63) is 0 Å². The van der Waals surface area contributed by atoms with E-state index in [9.17, 15) is 4.79 Å². The molecule has 0 unspecified atom stereocenters. The van der Waals surface area contributed by atoms with Crippen LogP contribution >= 0.6 is 11.6 Å². The van der Waals surface area contributed by atoms with Crippen LogP contribution in [0.4, 0.5) is 0 Å². The number of halogens is 1. The van der Waals surface area contributed by atoms with Crippen molar-refractivity contribution in [1.82, 2.24) is 4.90 Å². The minimum atomic E-state index is -0.269. The molecular formula is C11H22ClNO2. The molecule has 0 bridgehead atoms. The summed E-state index contributed by atoms with van der Waals surface area (Å²) in [5.41, 5.74) is -0.269. The summed E-state index contributed by atoms with van der Waals surface area (Å²) >= 11 is 5.63. The SMILES string of the molecule is CCCN(CCCl)C(=O)COC(C)(C)C. The van der Waals surface area contributed by atoms with Crippen LogP contribution in [0.2, 0.25) is 0 Å². The van der Waals surface area contributed by atoms with Crippen LogP contribution in [0.5, 0.6) is 0 Å². The molecule has 0 saturated carbocycles. The van der Waals surface area contributed by atoms with Crippen LogP contribution in [0.3, 0.4) is 0 Å². The van der Waals surface area contributed by atoms with E-state index in [0.717, 1.165) is 13.0 Å². The number of nitrogens with zero attached hydrogens (tertiary/aromatic N) is 1. The maximum absolute atomic E-state index is 11.7. The lowest BCUT2D eigenvalue weighted by Crippen LogP contribution is -2.38. The minimum Gasteiger partial charge on any atom is -0.366 e. The van der Waals surface area contributed by atoms with Crippen molar-refractivity contribution >= 4 is 17.5 Å². The van der Waals surface area contributed by atoms with Crippen molar-refractivity contribution in [3.63, 3.8) is 0 Å². The molecule has 0 fully saturated rings. The third-order valence-corrected chi connectivity index (χ3v) is 2.00. The normalized spacial score (nSPS) is 11.5. The van der Waals surface area contributed by atoms with E-state index in [4.69, 9.17) is 16.3 Å². The highest BCUT2D eigenvalue weighted by molar-refractivity contribution is 6.18. The fourth-order valence-electron chi connectivity index (χ4n) is 1.10. The zero-order chi connectivity index (χ0) is 11.9. The van der Waals surface area contributed by atoms with Gasteiger partial charge in [0, 0.05) is 19.0 Å². The lowest BCUT2D eigenvalue weighted by Gasteiger charge is -2.24. The molecule has 0 rings (SSSR count). The van der Waals surface area contributed by atoms with E-state index >= 15 is 0 Å². The fraction of sp³-hybridized carbons (Fsp3) is 0.909. The molecule has 90 valence electrons. The van der Waals surface area contributed by atoms with E-state index in [1.54, 1.807) is 4.90 Å². The molecule has 15 heavy (non-hydrogen) atoms. The number of carbonyl (C=O) groups is 1. The van der Waals surface area contributed by atoms with Gasteiger partial charge >= 0.3 is 0 Å². The van der Waals surface area contributed by atoms with Gasteiger partial charge in [-0.3, -0.25) is 4.79 Å². The van der Waals surface area contributed by atoms with Crippen molar-refractivity contribution < 1.29 is 9.53 Å². The summed E-state index contributed by atoms with van der Waals surface area (Å²) in [6.07, 6.45) is 0.943. The molecule has 3 nitrogen and oxygen atoms in total. The van der Waals surface area contributed by atoms with Gasteiger partial charge < -0.3 is 9.64 Å². The molecule has 0 aliphatic carbocycles. The van der Waals surface area contributed by atoms with Gasteiger partial charge in [0.05, 0.1) is 5.60 Å². The van der Waals surface area contributed by atoms with E-state index < -0.39 is 0 Å². The first-order valence-corrected chi connectivity index (χ1v) is 5.92. The summed E-state index contributed by atoms with van der Waals surface area (Å²) in [5, 5.41) is 0. The summed E-state index contributed by atoms with van der Waals surface area (Å²) in [4.78, 5) is 13.5. The number of ether oxygens (including phenoxy) is 1. The van der Waals surface area contributed by atoms with Crippen LogP contribution in [0.15, 0.2) is 0 Å². The first-order valence-electron chi connectivity index (χ1n) is 5.38. The van der Waals surface area contributed by atoms with Crippen molar-refractivity contribution in [2.45, 2.75) is 39.7 Å². The maximum atomic E-state index is 11.7. The molecule has 1 amide bonds. The largest absolute Gasteiger partial charge is 0.366 e. The van der Waals surface area contributed by atoms with Gasteiger partial charge in [-0.05, 0) is 27.2 Å². The Morgan fingerprint density at radius 3 is 2.33 bits per heavy atom. The molecule has 0 saturated heterocycles. The number of alkyl halides is 1. The van der Waals surface area contributed by atoms with Crippen molar-refractivity contribution in [3.8, 4) is 0 Å². The lowest BCUT2D eigenvalue weighted by atomic mass is 10.2. The second-order valence-corrected chi connectivity index (χ2v) is 4.85. The van der Waals surface area contributed by atoms with E-state index in [2.05, 4.69) is 0 Å². The molecular weight excluding hydrogens is 214 g/mol. The summed E-state index contributed by atoms with van der Waals surface area (Å²) in [6, 6.07) is 0. The highest BCUT2D eigenvalue weighted by Gasteiger charge is 2.16. The molecule has 0 spiro atoms. The van der Waals surface area contributed by atoms with Crippen molar-refractivity contribution in [2.75, 3.05) is 25.6 Å². The third-order valence-electron chi connectivity index (χ3n) is 1.83. The summed E-state index contributed by atoms with van der Waals surface area (Å²) in [7, 11) is 0. The van der Waals surface area contributed by atoms with Gasteiger partial charge in [0.2, 0.25) is 5.91 Å². The van der Waals surface area contributed by atoms with Crippen LogP contribution in [0.1, 0.15) is 34.1 Å². The number of hydrogen-bond acceptors (Lipinski definition) is 2. The molecule has 0 aliphatic rings. The molecule has 0 radical (unpaired) electrons. The predicted molar refractivity (Wildman–Crippen MR) is 63.3 cm³/mol. The molecule has 4 heteroatoms. The average Bonchev–Trinajstić information content (AvgIpc) is 2.13. The standard InChI is InChI=1S/C11H22ClNO2/c1-5-7-13(8-6-12)10(14)9-15-11(2,3)4/h5-9H2,1-4H3. The number of carbonyl (C=O) groups excluding carboxylic acids is 1. The predicted octanol–water partition coefficient (Wildman–Crippen LogP) is 2.28. The maximum Gasteiger partial charge on any atom is 0.248 e. The van der Waals surface area contributed by atoms with Gasteiger partial charge in [0.25, 0.3) is 0 Å². The number of amides is 1. The average molecular weight is 236 g/mol. The van der Waals surface area contributed by atoms with E-state index in [0.29, 0.717) is 12.4 Å². The summed E-state index contributed by atoms with van der Waals surface area (Å²) in [6.45, 7) is 9.34. The zero-order valence-corrected chi connectivity index (χ0v) is 10.9. The Kier molecular flexibility index (Phi) is 6.94. The molecule has 0 aromatic heterocycles. The second-order valence-electron chi connectivity index (χ2n) is 4.47. The Balaban J connectivity index is 4.02. The van der Waals surface area contributed by atoms with Crippen LogP contribution in [0, 0.1) is 0 Å². The first kappa shape index (κ1) is 14.7. The van der Waals surface area contributed by atoms with Crippen LogP contribution in [-0.2, 0) is 9.53 Å². The van der Waals surface area contributed by atoms with Gasteiger partial charge in [-0.1, -0.05) is 6.92 Å². The Hall–Kier alpha value is -0.280. The molecule has 0 aliphatic heterocycles. The fourth-order valence-corrected chi connectivity index (χ4v) is 1.31. The highest BCUT2D eigenvalue weighted by atomic mass is 35.5. The minimum absolute atomic E-state index is 0.0208. The van der Waals surface area contributed by atoms with Gasteiger partial charge in [-0.2, -0.15) is 0 Å². The van der Waals surface area contributed by atoms with Gasteiger partial charge in [0.1, 0.15) is 6.61 Å². The Morgan fingerprint density at radius 1 is 1.33 bits per heavy atom. The smallest absolute Gasteiger partial charge is 0.248 e. The Bertz CT molecular complexity index is 184. The Morgan fingerprint density at radius 2 is 1.93 bits per heavy atom. The van der Waals surface area contributed by atoms with Crippen molar-refractivity contribution in [2.24, 2.45) is 0 Å².